The lowest BCUT2D eigenvalue weighted by Gasteiger charge is -2.38. The van der Waals surface area contributed by atoms with Crippen LogP contribution >= 0.6 is 0 Å². The summed E-state index contributed by atoms with van der Waals surface area (Å²) in [6, 6.07) is -4.63. The van der Waals surface area contributed by atoms with Crippen LogP contribution in [-0.2, 0) is 24.4 Å². The molecule has 0 saturated heterocycles. The van der Waals surface area contributed by atoms with Crippen LogP contribution in [0, 0.1) is 0 Å². The van der Waals surface area contributed by atoms with Gasteiger partial charge in [0, 0.05) is 16.7 Å². The molecule has 276 valence electrons. The van der Waals surface area contributed by atoms with Gasteiger partial charge in [-0.05, 0) is 17.7 Å². The summed E-state index contributed by atoms with van der Waals surface area (Å²) < 4.78 is 363. The predicted octanol–water partition coefficient (Wildman–Crippen LogP) is 9.95. The lowest BCUT2D eigenvalue weighted by Crippen LogP contribution is -2.61. The van der Waals surface area contributed by atoms with Crippen molar-refractivity contribution < 1.29 is 124 Å². The van der Waals surface area contributed by atoms with E-state index in [1.165, 1.54) is 0 Å². The Morgan fingerprint density at radius 1 is 0.340 bits per heavy atom. The standard InChI is InChI=1S/C19H5F27O/c20-8(21,11(26,27)14(32,33)17(38,39)40)4-1-6(9(22,23)12(28,29)15(34,35)18(41,42)43)5(3-47)7(2-4)10(24,25)13(30,31)16(36,37)19(44,45)46/h1-2,47H,3H2. The van der Waals surface area contributed by atoms with E-state index in [2.05, 4.69) is 0 Å². The molecule has 0 fully saturated rings. The van der Waals surface area contributed by atoms with Crippen LogP contribution in [0.4, 0.5) is 119 Å². The van der Waals surface area contributed by atoms with E-state index in [1.54, 1.807) is 0 Å². The van der Waals surface area contributed by atoms with Crippen LogP contribution in [0.3, 0.4) is 0 Å². The zero-order valence-corrected chi connectivity index (χ0v) is 20.5. The molecule has 47 heavy (non-hydrogen) atoms. The Hall–Kier alpha value is -2.71. The molecular weight excluding hydrogens is 757 g/mol. The maximum Gasteiger partial charge on any atom is 0.460 e. The molecule has 0 radical (unpaired) electrons. The highest BCUT2D eigenvalue weighted by molar-refractivity contribution is 5.48. The van der Waals surface area contributed by atoms with Crippen molar-refractivity contribution in [2.75, 3.05) is 0 Å². The Morgan fingerprint density at radius 2 is 0.553 bits per heavy atom. The molecule has 28 heteroatoms. The molecule has 1 nitrogen and oxygen atoms in total. The molecular formula is C19H5F27O. The third-order valence-electron chi connectivity index (χ3n) is 5.88. The summed E-state index contributed by atoms with van der Waals surface area (Å²) in [6.45, 7) is -3.40. The first-order valence-corrected chi connectivity index (χ1v) is 10.4. The summed E-state index contributed by atoms with van der Waals surface area (Å²) in [5.74, 6) is -74.0. The highest BCUT2D eigenvalue weighted by Crippen LogP contribution is 2.63. The third kappa shape index (κ3) is 5.65. The van der Waals surface area contributed by atoms with Crippen molar-refractivity contribution in [1.82, 2.24) is 0 Å². The minimum atomic E-state index is -8.42. The SMILES string of the molecule is OCc1c(C(F)(F)C(F)(F)C(F)(F)C(F)(F)F)cc(C(F)(F)C(F)(F)C(F)(F)C(F)(F)F)cc1C(F)(F)C(F)(F)C(F)(F)C(F)(F)F. The number of hydrogen-bond acceptors (Lipinski definition) is 1. The highest BCUT2D eigenvalue weighted by atomic mass is 19.4. The average molecular weight is 762 g/mol. The van der Waals surface area contributed by atoms with E-state index in [9.17, 15) is 119 Å². The van der Waals surface area contributed by atoms with Gasteiger partial charge in [-0.2, -0.15) is 119 Å². The zero-order valence-electron chi connectivity index (χ0n) is 20.5. The summed E-state index contributed by atoms with van der Waals surface area (Å²) in [4.78, 5) is 0. The quantitative estimate of drug-likeness (QED) is 0.236. The van der Waals surface area contributed by atoms with E-state index in [0.717, 1.165) is 0 Å². The van der Waals surface area contributed by atoms with Crippen LogP contribution in [0.15, 0.2) is 12.1 Å². The molecule has 0 spiro atoms. The fourth-order valence-electron chi connectivity index (χ4n) is 3.23. The molecule has 1 aromatic carbocycles. The number of hydrogen-bond donors (Lipinski definition) is 1. The molecule has 0 aliphatic heterocycles. The van der Waals surface area contributed by atoms with Gasteiger partial charge in [0.2, 0.25) is 0 Å². The maximum absolute atomic E-state index is 14.6. The van der Waals surface area contributed by atoms with Gasteiger partial charge < -0.3 is 5.11 Å². The summed E-state index contributed by atoms with van der Waals surface area (Å²) in [6.07, 6.45) is -23.9. The fourth-order valence-corrected chi connectivity index (χ4v) is 3.23. The van der Waals surface area contributed by atoms with Crippen molar-refractivity contribution in [2.24, 2.45) is 0 Å². The van der Waals surface area contributed by atoms with Gasteiger partial charge in [-0.3, -0.25) is 0 Å². The molecule has 1 aromatic rings. The van der Waals surface area contributed by atoms with Gasteiger partial charge >= 0.3 is 71.8 Å². The van der Waals surface area contributed by atoms with Crippen LogP contribution in [0.1, 0.15) is 22.3 Å². The van der Waals surface area contributed by atoms with Crippen molar-refractivity contribution in [1.29, 1.82) is 0 Å². The molecule has 0 unspecified atom stereocenters. The highest BCUT2D eigenvalue weighted by Gasteiger charge is 2.85. The lowest BCUT2D eigenvalue weighted by atomic mass is 9.82. The van der Waals surface area contributed by atoms with Crippen molar-refractivity contribution in [3.8, 4) is 0 Å². The number of halogens is 27. The lowest BCUT2D eigenvalue weighted by molar-refractivity contribution is -0.401. The van der Waals surface area contributed by atoms with Crippen molar-refractivity contribution in [3.05, 3.63) is 34.4 Å². The Balaban J connectivity index is 4.67. The van der Waals surface area contributed by atoms with E-state index in [-0.39, 0.29) is 0 Å². The molecule has 1 rings (SSSR count). The third-order valence-corrected chi connectivity index (χ3v) is 5.88. The molecule has 0 amide bonds. The first-order chi connectivity index (χ1) is 20.0. The second-order valence-electron chi connectivity index (χ2n) is 8.87. The van der Waals surface area contributed by atoms with Gasteiger partial charge in [0.15, 0.2) is 0 Å². The van der Waals surface area contributed by atoms with E-state index in [4.69, 9.17) is 5.11 Å². The number of aliphatic hydroxyl groups is 1. The Morgan fingerprint density at radius 3 is 0.745 bits per heavy atom. The van der Waals surface area contributed by atoms with Gasteiger partial charge in [0.25, 0.3) is 0 Å². The first kappa shape index (κ1) is 42.3. The Kier molecular flexibility index (Phi) is 9.81. The molecule has 0 heterocycles. The van der Waals surface area contributed by atoms with E-state index < -0.39 is 113 Å². The van der Waals surface area contributed by atoms with Crippen LogP contribution in [0.25, 0.3) is 0 Å². The molecule has 0 aliphatic carbocycles. The number of aliphatic hydroxyl groups excluding tert-OH is 1. The molecule has 0 atom stereocenters. The smallest absolute Gasteiger partial charge is 0.392 e. The van der Waals surface area contributed by atoms with Crippen LogP contribution < -0.4 is 0 Å². The van der Waals surface area contributed by atoms with Crippen LogP contribution in [-0.4, -0.2) is 59.2 Å². The monoisotopic (exact) mass is 762 g/mol. The van der Waals surface area contributed by atoms with E-state index in [1.807, 2.05) is 0 Å². The number of rotatable bonds is 10. The Labute approximate surface area is 237 Å². The predicted molar refractivity (Wildman–Crippen MR) is 91.9 cm³/mol. The van der Waals surface area contributed by atoms with Gasteiger partial charge in [-0.25, -0.2) is 0 Å². The fraction of sp³-hybridized carbons (Fsp3) is 0.684. The maximum atomic E-state index is 14.6. The number of benzene rings is 1. The summed E-state index contributed by atoms with van der Waals surface area (Å²) in [7, 11) is 0. The Bertz CT molecular complexity index is 1240. The largest absolute Gasteiger partial charge is 0.460 e. The molecule has 0 aliphatic rings. The van der Waals surface area contributed by atoms with Gasteiger partial charge in [0.1, 0.15) is 0 Å². The van der Waals surface area contributed by atoms with Crippen LogP contribution in [0.5, 0.6) is 0 Å². The minimum absolute atomic E-state index is 2.31. The number of alkyl halides is 27. The van der Waals surface area contributed by atoms with Gasteiger partial charge in [0.05, 0.1) is 6.61 Å². The normalized spacial score (nSPS) is 16.2. The summed E-state index contributed by atoms with van der Waals surface area (Å²) in [5.41, 5.74) is -16.9. The van der Waals surface area contributed by atoms with Crippen molar-refractivity contribution in [3.63, 3.8) is 0 Å². The van der Waals surface area contributed by atoms with E-state index >= 15 is 0 Å². The minimum Gasteiger partial charge on any atom is -0.392 e. The zero-order chi connectivity index (χ0) is 38.4. The summed E-state index contributed by atoms with van der Waals surface area (Å²) in [5, 5.41) is 8.99. The van der Waals surface area contributed by atoms with Gasteiger partial charge in [-0.1, -0.05) is 0 Å². The van der Waals surface area contributed by atoms with Crippen molar-refractivity contribution in [2.45, 2.75) is 78.4 Å². The molecule has 0 bridgehead atoms. The van der Waals surface area contributed by atoms with Gasteiger partial charge in [-0.15, -0.1) is 0 Å². The first-order valence-electron chi connectivity index (χ1n) is 10.4. The molecule has 0 aromatic heterocycles. The summed E-state index contributed by atoms with van der Waals surface area (Å²) >= 11 is 0. The van der Waals surface area contributed by atoms with Crippen LogP contribution in [0.2, 0.25) is 0 Å². The average Bonchev–Trinajstić information content (AvgIpc) is 2.84. The van der Waals surface area contributed by atoms with E-state index in [0.29, 0.717) is 0 Å². The second kappa shape index (κ2) is 10.9. The molecule has 0 saturated carbocycles. The van der Waals surface area contributed by atoms with Crippen molar-refractivity contribution >= 4 is 0 Å². The second-order valence-corrected chi connectivity index (χ2v) is 8.87. The topological polar surface area (TPSA) is 20.2 Å². The molecule has 1 N–H and O–H groups in total.